The van der Waals surface area contributed by atoms with Gasteiger partial charge >= 0.3 is 0 Å². The Labute approximate surface area is 211 Å². The number of hydrogen-bond donors (Lipinski definition) is 0. The Hall–Kier alpha value is -2.42. The van der Waals surface area contributed by atoms with E-state index in [4.69, 9.17) is 4.74 Å². The number of likely N-dealkylation sites (N-methyl/N-ethyl adjacent to an activating group) is 1. The highest BCUT2D eigenvalue weighted by Crippen LogP contribution is 2.24. The van der Waals surface area contributed by atoms with E-state index in [1.54, 1.807) is 25.3 Å². The maximum absolute atomic E-state index is 11.5. The van der Waals surface area contributed by atoms with Gasteiger partial charge in [-0.05, 0) is 74.8 Å². The SMILES string of the molecule is CN=Cc1ccc(N2CCCN(C)CC2)cc1C.COC1CCN(c2cccc(S(C)(=O)=O)c2)C1. The van der Waals surface area contributed by atoms with Gasteiger partial charge in [-0.3, -0.25) is 4.99 Å². The lowest BCUT2D eigenvalue weighted by Gasteiger charge is -2.23. The van der Waals surface area contributed by atoms with E-state index in [0.717, 1.165) is 44.8 Å². The summed E-state index contributed by atoms with van der Waals surface area (Å²) in [6.45, 7) is 8.52. The smallest absolute Gasteiger partial charge is 0.175 e. The van der Waals surface area contributed by atoms with Gasteiger partial charge in [0, 0.05) is 70.7 Å². The molecule has 0 aromatic heterocycles. The van der Waals surface area contributed by atoms with Crippen LogP contribution in [-0.4, -0.2) is 92.4 Å². The maximum atomic E-state index is 11.5. The van der Waals surface area contributed by atoms with Crippen molar-refractivity contribution in [2.75, 3.05) is 76.5 Å². The summed E-state index contributed by atoms with van der Waals surface area (Å²) in [5.74, 6) is 0. The summed E-state index contributed by atoms with van der Waals surface area (Å²) in [5, 5.41) is 0. The van der Waals surface area contributed by atoms with Gasteiger partial charge in [0.15, 0.2) is 9.84 Å². The van der Waals surface area contributed by atoms with Crippen molar-refractivity contribution in [1.29, 1.82) is 0 Å². The van der Waals surface area contributed by atoms with Crippen molar-refractivity contribution in [2.45, 2.75) is 30.8 Å². The molecular weight excluding hydrogens is 460 g/mol. The number of methoxy groups -OCH3 is 1. The molecular formula is C27H40N4O3S. The number of aryl methyl sites for hydroxylation is 1. The van der Waals surface area contributed by atoms with E-state index in [1.807, 2.05) is 19.3 Å². The van der Waals surface area contributed by atoms with E-state index in [-0.39, 0.29) is 6.10 Å². The highest BCUT2D eigenvalue weighted by molar-refractivity contribution is 7.90. The fourth-order valence-corrected chi connectivity index (χ4v) is 5.17. The second-order valence-corrected chi connectivity index (χ2v) is 11.4. The van der Waals surface area contributed by atoms with Crippen molar-refractivity contribution >= 4 is 27.4 Å². The number of benzene rings is 2. The topological polar surface area (TPSA) is 65.5 Å². The summed E-state index contributed by atoms with van der Waals surface area (Å²) >= 11 is 0. The zero-order valence-corrected chi connectivity index (χ0v) is 22.6. The van der Waals surface area contributed by atoms with E-state index in [0.29, 0.717) is 4.90 Å². The van der Waals surface area contributed by atoms with Gasteiger partial charge in [0.25, 0.3) is 0 Å². The molecule has 2 aromatic carbocycles. The minimum atomic E-state index is -3.13. The van der Waals surface area contributed by atoms with Gasteiger partial charge in [0.1, 0.15) is 0 Å². The third kappa shape index (κ3) is 7.78. The van der Waals surface area contributed by atoms with Crippen molar-refractivity contribution in [3.05, 3.63) is 53.6 Å². The van der Waals surface area contributed by atoms with Crippen LogP contribution in [0.5, 0.6) is 0 Å². The summed E-state index contributed by atoms with van der Waals surface area (Å²) in [5.41, 5.74) is 4.81. The first-order valence-electron chi connectivity index (χ1n) is 12.3. The molecule has 2 aromatic rings. The van der Waals surface area contributed by atoms with E-state index < -0.39 is 9.84 Å². The largest absolute Gasteiger partial charge is 0.380 e. The standard InChI is InChI=1S/C15H23N3.C12H17NO3S/c1-13-11-15(6-5-14(13)12-16-2)18-8-4-7-17(3)9-10-18;1-16-11-6-7-13(9-11)10-4-3-5-12(8-10)17(2,14)15/h5-6,11-12H,4,7-10H2,1-3H3;3-5,8,11H,6-7,9H2,1-2H3. The minimum Gasteiger partial charge on any atom is -0.380 e. The molecule has 0 aliphatic carbocycles. The van der Waals surface area contributed by atoms with Crippen molar-refractivity contribution in [1.82, 2.24) is 4.90 Å². The second-order valence-electron chi connectivity index (χ2n) is 9.43. The predicted octanol–water partition coefficient (Wildman–Crippen LogP) is 3.50. The van der Waals surface area contributed by atoms with Crippen LogP contribution in [0.1, 0.15) is 24.0 Å². The quantitative estimate of drug-likeness (QED) is 0.586. The Balaban J connectivity index is 0.000000196. The second kappa shape index (κ2) is 12.5. The third-order valence-electron chi connectivity index (χ3n) is 6.70. The molecule has 1 atom stereocenters. The van der Waals surface area contributed by atoms with Crippen LogP contribution in [0.15, 0.2) is 52.4 Å². The van der Waals surface area contributed by atoms with Crippen LogP contribution < -0.4 is 9.80 Å². The summed E-state index contributed by atoms with van der Waals surface area (Å²) in [6, 6.07) is 13.7. The molecule has 1 unspecified atom stereocenters. The molecule has 0 N–H and O–H groups in total. The Bertz CT molecular complexity index is 1100. The zero-order valence-electron chi connectivity index (χ0n) is 21.8. The summed E-state index contributed by atoms with van der Waals surface area (Å²) in [7, 11) is 2.60. The number of aliphatic imine (C=N–C) groups is 1. The first-order chi connectivity index (χ1) is 16.7. The average molecular weight is 501 g/mol. The molecule has 2 heterocycles. The van der Waals surface area contributed by atoms with E-state index in [1.165, 1.54) is 36.0 Å². The van der Waals surface area contributed by atoms with E-state index in [9.17, 15) is 8.42 Å². The summed E-state index contributed by atoms with van der Waals surface area (Å²) < 4.78 is 28.3. The Morgan fingerprint density at radius 1 is 1.00 bits per heavy atom. The number of sulfone groups is 1. The maximum Gasteiger partial charge on any atom is 0.175 e. The summed E-state index contributed by atoms with van der Waals surface area (Å²) in [6.07, 6.45) is 5.63. The van der Waals surface area contributed by atoms with Gasteiger partial charge in [-0.1, -0.05) is 12.1 Å². The van der Waals surface area contributed by atoms with Gasteiger partial charge in [0.2, 0.25) is 0 Å². The molecule has 4 rings (SSSR count). The molecule has 7 nitrogen and oxygen atoms in total. The number of nitrogens with zero attached hydrogens (tertiary/aromatic N) is 4. The zero-order chi connectivity index (χ0) is 25.4. The molecule has 192 valence electrons. The molecule has 2 fully saturated rings. The van der Waals surface area contributed by atoms with E-state index >= 15 is 0 Å². The van der Waals surface area contributed by atoms with Crippen LogP contribution in [0.2, 0.25) is 0 Å². The lowest BCUT2D eigenvalue weighted by molar-refractivity contribution is 0.121. The molecule has 0 spiro atoms. The van der Waals surface area contributed by atoms with Crippen molar-refractivity contribution in [3.8, 4) is 0 Å². The fraction of sp³-hybridized carbons (Fsp3) is 0.519. The molecule has 0 saturated carbocycles. The van der Waals surface area contributed by atoms with Crippen molar-refractivity contribution < 1.29 is 13.2 Å². The van der Waals surface area contributed by atoms with Gasteiger partial charge in [-0.15, -0.1) is 0 Å². The first-order valence-corrected chi connectivity index (χ1v) is 14.1. The van der Waals surface area contributed by atoms with Crippen molar-refractivity contribution in [2.24, 2.45) is 4.99 Å². The van der Waals surface area contributed by atoms with Gasteiger partial charge in [0.05, 0.1) is 11.0 Å². The molecule has 8 heteroatoms. The van der Waals surface area contributed by atoms with Crippen LogP contribution in [-0.2, 0) is 14.6 Å². The molecule has 2 aliphatic rings. The van der Waals surface area contributed by atoms with Crippen molar-refractivity contribution in [3.63, 3.8) is 0 Å². The minimum absolute atomic E-state index is 0.247. The number of anilines is 2. The van der Waals surface area contributed by atoms with Gasteiger partial charge in [-0.25, -0.2) is 8.42 Å². The van der Waals surface area contributed by atoms with Crippen LogP contribution >= 0.6 is 0 Å². The first kappa shape index (κ1) is 27.2. The van der Waals surface area contributed by atoms with Gasteiger partial charge in [-0.2, -0.15) is 0 Å². The molecule has 0 bridgehead atoms. The highest BCUT2D eigenvalue weighted by Gasteiger charge is 2.23. The lowest BCUT2D eigenvalue weighted by atomic mass is 10.1. The highest BCUT2D eigenvalue weighted by atomic mass is 32.2. The number of hydrogen-bond acceptors (Lipinski definition) is 7. The lowest BCUT2D eigenvalue weighted by Crippen LogP contribution is -2.28. The normalized spacial score (nSPS) is 19.5. The van der Waals surface area contributed by atoms with Crippen LogP contribution in [0.4, 0.5) is 11.4 Å². The average Bonchev–Trinajstić information content (AvgIpc) is 3.22. The summed E-state index contributed by atoms with van der Waals surface area (Å²) in [4.78, 5) is 11.5. The molecule has 35 heavy (non-hydrogen) atoms. The predicted molar refractivity (Wildman–Crippen MR) is 146 cm³/mol. The monoisotopic (exact) mass is 500 g/mol. The molecule has 2 aliphatic heterocycles. The number of rotatable bonds is 5. The Morgan fingerprint density at radius 3 is 2.43 bits per heavy atom. The molecule has 0 amide bonds. The molecule has 2 saturated heterocycles. The van der Waals surface area contributed by atoms with E-state index in [2.05, 4.69) is 51.9 Å². The Kier molecular flexibility index (Phi) is 9.71. The Morgan fingerprint density at radius 2 is 1.77 bits per heavy atom. The number of ether oxygens (including phenoxy) is 1. The van der Waals surface area contributed by atoms with Crippen LogP contribution in [0.3, 0.4) is 0 Å². The fourth-order valence-electron chi connectivity index (χ4n) is 4.51. The van der Waals surface area contributed by atoms with Crippen LogP contribution in [0, 0.1) is 6.92 Å². The molecule has 0 radical (unpaired) electrons. The van der Waals surface area contributed by atoms with Gasteiger partial charge < -0.3 is 19.4 Å². The third-order valence-corrected chi connectivity index (χ3v) is 7.81. The van der Waals surface area contributed by atoms with Crippen LogP contribution in [0.25, 0.3) is 0 Å².